The lowest BCUT2D eigenvalue weighted by atomic mass is 10.2. The minimum Gasteiger partial charge on any atom is -0.375 e. The molecule has 1 aromatic carbocycles. The average molecular weight is 292 g/mol. The first-order valence-corrected chi connectivity index (χ1v) is 6.73. The maximum atomic E-state index is 11.4. The van der Waals surface area contributed by atoms with Gasteiger partial charge in [-0.05, 0) is 36.0 Å². The van der Waals surface area contributed by atoms with Gasteiger partial charge in [-0.15, -0.1) is 4.83 Å². The Morgan fingerprint density at radius 2 is 1.94 bits per heavy atom. The molecule has 0 aromatic heterocycles. The van der Waals surface area contributed by atoms with Gasteiger partial charge < -0.3 is 5.73 Å². The highest BCUT2D eigenvalue weighted by Gasteiger charge is 2.03. The molecule has 0 spiro atoms. The molecule has 0 saturated carbocycles. The van der Waals surface area contributed by atoms with Gasteiger partial charge in [-0.25, -0.2) is 8.42 Å². The molecule has 0 fully saturated rings. The third-order valence-corrected chi connectivity index (χ3v) is 2.86. The van der Waals surface area contributed by atoms with Crippen molar-refractivity contribution >= 4 is 45.0 Å². The minimum atomic E-state index is -3.63. The molecule has 17 heavy (non-hydrogen) atoms. The topological polar surface area (TPSA) is 84.2 Å². The molecule has 0 saturated heterocycles. The van der Waals surface area contributed by atoms with Gasteiger partial charge in [0.2, 0.25) is 0 Å². The van der Waals surface area contributed by atoms with Crippen LogP contribution in [0, 0.1) is 0 Å². The van der Waals surface area contributed by atoms with Crippen LogP contribution in [0.2, 0.25) is 5.02 Å². The van der Waals surface area contributed by atoms with Crippen molar-refractivity contribution in [2.45, 2.75) is 0 Å². The molecule has 1 aromatic rings. The average Bonchev–Trinajstić information content (AvgIpc) is 2.26. The summed E-state index contributed by atoms with van der Waals surface area (Å²) >= 11 is 10.1. The first-order chi connectivity index (χ1) is 7.89. The van der Waals surface area contributed by atoms with Gasteiger partial charge in [-0.2, -0.15) is 0 Å². The Hall–Kier alpha value is -1.15. The fraction of sp³-hybridized carbons (Fsp3) is 0. The summed E-state index contributed by atoms with van der Waals surface area (Å²) in [6, 6.07) is 6.70. The zero-order valence-electron chi connectivity index (χ0n) is 8.55. The van der Waals surface area contributed by atoms with Gasteiger partial charge in [0.1, 0.15) is 0 Å². The zero-order valence-corrected chi connectivity index (χ0v) is 10.9. The molecule has 0 aliphatic heterocycles. The highest BCUT2D eigenvalue weighted by Crippen LogP contribution is 2.10. The Labute approximate surface area is 110 Å². The van der Waals surface area contributed by atoms with Crippen molar-refractivity contribution in [1.82, 2.24) is 10.3 Å². The van der Waals surface area contributed by atoms with Crippen LogP contribution in [0.4, 0.5) is 0 Å². The lowest BCUT2D eigenvalue weighted by Crippen LogP contribution is -2.43. The molecule has 8 heteroatoms. The molecular formula is C9H10ClN3O2S2. The number of sulfonamides is 1. The quantitative estimate of drug-likeness (QED) is 0.569. The van der Waals surface area contributed by atoms with E-state index < -0.39 is 10.0 Å². The van der Waals surface area contributed by atoms with Crippen LogP contribution in [0.15, 0.2) is 29.7 Å². The number of hydrogen-bond donors (Lipinski definition) is 3. The van der Waals surface area contributed by atoms with Crippen molar-refractivity contribution in [1.29, 1.82) is 0 Å². The zero-order chi connectivity index (χ0) is 12.9. The Morgan fingerprint density at radius 3 is 2.47 bits per heavy atom. The van der Waals surface area contributed by atoms with Gasteiger partial charge in [-0.1, -0.05) is 23.7 Å². The Balaban J connectivity index is 2.70. The molecule has 5 nitrogen and oxygen atoms in total. The normalized spacial score (nSPS) is 11.6. The van der Waals surface area contributed by atoms with Crippen molar-refractivity contribution in [3.8, 4) is 0 Å². The molecule has 0 radical (unpaired) electrons. The van der Waals surface area contributed by atoms with Crippen LogP contribution in [-0.2, 0) is 10.0 Å². The fourth-order valence-electron chi connectivity index (χ4n) is 0.897. The summed E-state index contributed by atoms with van der Waals surface area (Å²) in [5.41, 5.74) is 7.91. The van der Waals surface area contributed by atoms with Crippen LogP contribution >= 0.6 is 23.8 Å². The standard InChI is InChI=1S/C9H10ClN3O2S2/c10-8-3-1-7(2-4-8)5-6-17(14,15)13-12-9(11)16/h1-6,13H,(H3,11,12,16). The monoisotopic (exact) mass is 291 g/mol. The molecular weight excluding hydrogens is 282 g/mol. The van der Waals surface area contributed by atoms with E-state index in [9.17, 15) is 8.42 Å². The molecule has 92 valence electrons. The third-order valence-electron chi connectivity index (χ3n) is 1.63. The van der Waals surface area contributed by atoms with Crippen LogP contribution in [0.3, 0.4) is 0 Å². The summed E-state index contributed by atoms with van der Waals surface area (Å²) in [6.07, 6.45) is 1.42. The van der Waals surface area contributed by atoms with E-state index in [2.05, 4.69) is 17.6 Å². The van der Waals surface area contributed by atoms with E-state index >= 15 is 0 Å². The summed E-state index contributed by atoms with van der Waals surface area (Å²) in [5.74, 6) is 0. The van der Waals surface area contributed by atoms with Crippen molar-refractivity contribution in [3.05, 3.63) is 40.3 Å². The summed E-state index contributed by atoms with van der Waals surface area (Å²) in [6.45, 7) is 0. The molecule has 1 rings (SSSR count). The minimum absolute atomic E-state index is 0.159. The number of halogens is 1. The van der Waals surface area contributed by atoms with Crippen LogP contribution in [-0.4, -0.2) is 13.5 Å². The maximum Gasteiger partial charge on any atom is 0.250 e. The Bertz CT molecular complexity index is 526. The van der Waals surface area contributed by atoms with Crippen molar-refractivity contribution in [2.75, 3.05) is 0 Å². The highest BCUT2D eigenvalue weighted by molar-refractivity contribution is 7.92. The SMILES string of the molecule is NC(=S)NNS(=O)(=O)C=Cc1ccc(Cl)cc1. The predicted molar refractivity (Wildman–Crippen MR) is 72.5 cm³/mol. The van der Waals surface area contributed by atoms with Gasteiger partial charge in [0.25, 0.3) is 10.0 Å². The van der Waals surface area contributed by atoms with Gasteiger partial charge >= 0.3 is 0 Å². The second-order valence-electron chi connectivity index (χ2n) is 2.99. The van der Waals surface area contributed by atoms with E-state index in [0.29, 0.717) is 10.6 Å². The number of nitrogens with one attached hydrogen (secondary N) is 2. The summed E-state index contributed by atoms with van der Waals surface area (Å²) in [5, 5.41) is 1.41. The number of hydrazine groups is 1. The summed E-state index contributed by atoms with van der Waals surface area (Å²) in [4.78, 5) is 1.98. The van der Waals surface area contributed by atoms with Crippen LogP contribution < -0.4 is 16.0 Å². The van der Waals surface area contributed by atoms with E-state index in [0.717, 1.165) is 5.41 Å². The van der Waals surface area contributed by atoms with E-state index in [4.69, 9.17) is 17.3 Å². The van der Waals surface area contributed by atoms with Crippen LogP contribution in [0.25, 0.3) is 6.08 Å². The Kier molecular flexibility index (Phi) is 4.88. The highest BCUT2D eigenvalue weighted by atomic mass is 35.5. The molecule has 0 heterocycles. The third kappa shape index (κ3) is 5.64. The second-order valence-corrected chi connectivity index (χ2v) is 5.43. The number of thiocarbonyl (C=S) groups is 1. The van der Waals surface area contributed by atoms with E-state index in [1.165, 1.54) is 6.08 Å². The van der Waals surface area contributed by atoms with Crippen LogP contribution in [0.5, 0.6) is 0 Å². The molecule has 0 atom stereocenters. The van der Waals surface area contributed by atoms with Crippen LogP contribution in [0.1, 0.15) is 5.56 Å². The molecule has 0 bridgehead atoms. The smallest absolute Gasteiger partial charge is 0.250 e. The van der Waals surface area contributed by atoms with E-state index in [1.54, 1.807) is 24.3 Å². The van der Waals surface area contributed by atoms with E-state index in [-0.39, 0.29) is 5.11 Å². The van der Waals surface area contributed by atoms with E-state index in [1.807, 2.05) is 4.83 Å². The molecule has 4 N–H and O–H groups in total. The number of rotatable bonds is 4. The predicted octanol–water partition coefficient (Wildman–Crippen LogP) is 0.978. The molecule has 0 aliphatic rings. The number of hydrogen-bond acceptors (Lipinski definition) is 3. The lowest BCUT2D eigenvalue weighted by molar-refractivity contribution is 0.587. The second kappa shape index (κ2) is 5.97. The number of nitrogens with two attached hydrogens (primary N) is 1. The first kappa shape index (κ1) is 13.9. The number of benzene rings is 1. The van der Waals surface area contributed by atoms with Gasteiger partial charge in [0.05, 0.1) is 0 Å². The molecule has 0 unspecified atom stereocenters. The van der Waals surface area contributed by atoms with Crippen molar-refractivity contribution in [3.63, 3.8) is 0 Å². The summed E-state index contributed by atoms with van der Waals surface area (Å²) in [7, 11) is -3.63. The Morgan fingerprint density at radius 1 is 1.35 bits per heavy atom. The van der Waals surface area contributed by atoms with Gasteiger partial charge in [0, 0.05) is 10.4 Å². The van der Waals surface area contributed by atoms with Gasteiger partial charge in [-0.3, -0.25) is 5.43 Å². The van der Waals surface area contributed by atoms with Crippen molar-refractivity contribution in [2.24, 2.45) is 5.73 Å². The molecule has 0 amide bonds. The fourth-order valence-corrected chi connectivity index (χ4v) is 1.80. The van der Waals surface area contributed by atoms with Gasteiger partial charge in [0.15, 0.2) is 5.11 Å². The molecule has 0 aliphatic carbocycles. The lowest BCUT2D eigenvalue weighted by Gasteiger charge is -2.03. The maximum absolute atomic E-state index is 11.4. The summed E-state index contributed by atoms with van der Waals surface area (Å²) < 4.78 is 22.7. The van der Waals surface area contributed by atoms with Crippen molar-refractivity contribution < 1.29 is 8.42 Å². The largest absolute Gasteiger partial charge is 0.375 e. The first-order valence-electron chi connectivity index (χ1n) is 4.40.